The van der Waals surface area contributed by atoms with Crippen LogP contribution in [0, 0.1) is 5.82 Å². The average molecular weight is 204 g/mol. The van der Waals surface area contributed by atoms with E-state index in [1.165, 1.54) is 18.2 Å². The Morgan fingerprint density at radius 1 is 1.54 bits per heavy atom. The van der Waals surface area contributed by atoms with E-state index >= 15 is 0 Å². The maximum Gasteiger partial charge on any atom is 0.123 e. The molecule has 72 valence electrons. The highest BCUT2D eigenvalue weighted by Gasteiger charge is 2.10. The van der Waals surface area contributed by atoms with Crippen molar-refractivity contribution in [3.8, 4) is 0 Å². The first-order chi connectivity index (χ1) is 6.15. The molecule has 4 heteroatoms. The fraction of sp³-hybridized carbons (Fsp3) is 0.333. The lowest BCUT2D eigenvalue weighted by Crippen LogP contribution is -2.12. The zero-order valence-electron chi connectivity index (χ0n) is 7.00. The Morgan fingerprint density at radius 3 is 2.85 bits per heavy atom. The summed E-state index contributed by atoms with van der Waals surface area (Å²) in [5.74, 6) is -0.368. The standard InChI is InChI=1S/C9H11ClFNO/c10-8-2-1-6(11)5-7(8)9(12)3-4-13/h1-2,5,9,13H,3-4,12H2/t9-/m1/s1. The largest absolute Gasteiger partial charge is 0.396 e. The Hall–Kier alpha value is -0.640. The Bertz CT molecular complexity index is 293. The summed E-state index contributed by atoms with van der Waals surface area (Å²) in [6.45, 7) is -0.0337. The van der Waals surface area contributed by atoms with Gasteiger partial charge in [-0.1, -0.05) is 11.6 Å². The Balaban J connectivity index is 2.91. The molecule has 0 amide bonds. The Kier molecular flexibility index (Phi) is 3.66. The molecule has 0 radical (unpaired) electrons. The van der Waals surface area contributed by atoms with Gasteiger partial charge >= 0.3 is 0 Å². The van der Waals surface area contributed by atoms with Crippen LogP contribution in [0.1, 0.15) is 18.0 Å². The second kappa shape index (κ2) is 4.56. The van der Waals surface area contributed by atoms with Crippen molar-refractivity contribution in [3.05, 3.63) is 34.6 Å². The molecule has 0 aliphatic carbocycles. The SMILES string of the molecule is N[C@H](CCO)c1cc(F)ccc1Cl. The monoisotopic (exact) mass is 203 g/mol. The number of aliphatic hydroxyl groups excluding tert-OH is 1. The third kappa shape index (κ3) is 2.66. The van der Waals surface area contributed by atoms with Crippen molar-refractivity contribution in [1.82, 2.24) is 0 Å². The van der Waals surface area contributed by atoms with E-state index in [0.717, 1.165) is 0 Å². The predicted molar refractivity (Wildman–Crippen MR) is 50.0 cm³/mol. The lowest BCUT2D eigenvalue weighted by atomic mass is 10.1. The van der Waals surface area contributed by atoms with Crippen molar-refractivity contribution >= 4 is 11.6 Å². The maximum atomic E-state index is 12.8. The number of nitrogens with two attached hydrogens (primary N) is 1. The van der Waals surface area contributed by atoms with Gasteiger partial charge in [0, 0.05) is 17.7 Å². The quantitative estimate of drug-likeness (QED) is 0.788. The Morgan fingerprint density at radius 2 is 2.23 bits per heavy atom. The lowest BCUT2D eigenvalue weighted by Gasteiger charge is -2.11. The Labute approximate surface area is 81.1 Å². The van der Waals surface area contributed by atoms with Gasteiger partial charge in [-0.15, -0.1) is 0 Å². The van der Waals surface area contributed by atoms with E-state index in [4.69, 9.17) is 22.4 Å². The molecule has 1 atom stereocenters. The van der Waals surface area contributed by atoms with E-state index in [9.17, 15) is 4.39 Å². The summed E-state index contributed by atoms with van der Waals surface area (Å²) in [6.07, 6.45) is 0.378. The molecule has 1 aromatic carbocycles. The molecule has 1 rings (SSSR count). The van der Waals surface area contributed by atoms with Crippen molar-refractivity contribution in [2.45, 2.75) is 12.5 Å². The summed E-state index contributed by atoms with van der Waals surface area (Å²) in [5.41, 5.74) is 6.20. The zero-order valence-corrected chi connectivity index (χ0v) is 7.76. The van der Waals surface area contributed by atoms with Crippen LogP contribution in [-0.4, -0.2) is 11.7 Å². The summed E-state index contributed by atoms with van der Waals surface area (Å²) in [6, 6.07) is 3.62. The topological polar surface area (TPSA) is 46.2 Å². The molecule has 0 saturated heterocycles. The number of hydrogen-bond donors (Lipinski definition) is 2. The molecule has 3 N–H and O–H groups in total. The summed E-state index contributed by atoms with van der Waals surface area (Å²) in [7, 11) is 0. The van der Waals surface area contributed by atoms with E-state index < -0.39 is 6.04 Å². The molecule has 0 heterocycles. The number of hydrogen-bond acceptors (Lipinski definition) is 2. The maximum absolute atomic E-state index is 12.8. The van der Waals surface area contributed by atoms with Crippen molar-refractivity contribution in [2.75, 3.05) is 6.61 Å². The highest BCUT2D eigenvalue weighted by Crippen LogP contribution is 2.23. The van der Waals surface area contributed by atoms with Gasteiger partial charge in [0.05, 0.1) is 0 Å². The van der Waals surface area contributed by atoms with Crippen LogP contribution >= 0.6 is 11.6 Å². The van der Waals surface area contributed by atoms with Crippen LogP contribution in [-0.2, 0) is 0 Å². The summed E-state index contributed by atoms with van der Waals surface area (Å²) in [5, 5.41) is 9.07. The van der Waals surface area contributed by atoms with Gasteiger partial charge in [0.15, 0.2) is 0 Å². The molecule has 13 heavy (non-hydrogen) atoms. The zero-order chi connectivity index (χ0) is 9.84. The van der Waals surface area contributed by atoms with Crippen LogP contribution in [0.2, 0.25) is 5.02 Å². The molecular weight excluding hydrogens is 193 g/mol. The molecule has 1 aromatic rings. The van der Waals surface area contributed by atoms with Gasteiger partial charge in [-0.3, -0.25) is 0 Å². The van der Waals surface area contributed by atoms with E-state index in [0.29, 0.717) is 17.0 Å². The van der Waals surface area contributed by atoms with Crippen molar-refractivity contribution in [2.24, 2.45) is 5.73 Å². The van der Waals surface area contributed by atoms with E-state index in [1.54, 1.807) is 0 Å². The molecule has 0 fully saturated rings. The summed E-state index contributed by atoms with van der Waals surface area (Å²) in [4.78, 5) is 0. The third-order valence-electron chi connectivity index (χ3n) is 1.80. The number of rotatable bonds is 3. The van der Waals surface area contributed by atoms with E-state index in [-0.39, 0.29) is 12.4 Å². The van der Waals surface area contributed by atoms with Crippen molar-refractivity contribution < 1.29 is 9.50 Å². The molecule has 0 unspecified atom stereocenters. The molecule has 0 aliphatic rings. The van der Waals surface area contributed by atoms with Gasteiger partial charge < -0.3 is 10.8 Å². The van der Waals surface area contributed by atoms with Gasteiger partial charge in [-0.25, -0.2) is 4.39 Å². The van der Waals surface area contributed by atoms with Crippen molar-refractivity contribution in [1.29, 1.82) is 0 Å². The second-order valence-corrected chi connectivity index (χ2v) is 3.19. The number of aliphatic hydroxyl groups is 1. The van der Waals surface area contributed by atoms with Crippen LogP contribution in [0.25, 0.3) is 0 Å². The van der Waals surface area contributed by atoms with Crippen molar-refractivity contribution in [3.63, 3.8) is 0 Å². The van der Waals surface area contributed by atoms with E-state index in [1.807, 2.05) is 0 Å². The second-order valence-electron chi connectivity index (χ2n) is 2.78. The molecule has 0 bridgehead atoms. The minimum Gasteiger partial charge on any atom is -0.396 e. The molecule has 0 aliphatic heterocycles. The predicted octanol–water partition coefficient (Wildman–Crippen LogP) is 1.86. The van der Waals surface area contributed by atoms with Crippen LogP contribution in [0.5, 0.6) is 0 Å². The lowest BCUT2D eigenvalue weighted by molar-refractivity contribution is 0.276. The molecule has 2 nitrogen and oxygen atoms in total. The highest BCUT2D eigenvalue weighted by atomic mass is 35.5. The van der Waals surface area contributed by atoms with E-state index in [2.05, 4.69) is 0 Å². The summed E-state index contributed by atoms with van der Waals surface area (Å²) >= 11 is 5.80. The van der Waals surface area contributed by atoms with Crippen LogP contribution < -0.4 is 5.73 Å². The van der Waals surface area contributed by atoms with Crippen LogP contribution in [0.4, 0.5) is 4.39 Å². The molecule has 0 aromatic heterocycles. The molecular formula is C9H11ClFNO. The smallest absolute Gasteiger partial charge is 0.123 e. The minimum absolute atomic E-state index is 0.0337. The first-order valence-corrected chi connectivity index (χ1v) is 4.34. The van der Waals surface area contributed by atoms with Gasteiger partial charge in [-0.2, -0.15) is 0 Å². The first-order valence-electron chi connectivity index (χ1n) is 3.96. The molecule has 0 saturated carbocycles. The average Bonchev–Trinajstić information content (AvgIpc) is 2.09. The first kappa shape index (κ1) is 10.4. The third-order valence-corrected chi connectivity index (χ3v) is 2.14. The fourth-order valence-electron chi connectivity index (χ4n) is 1.09. The highest BCUT2D eigenvalue weighted by molar-refractivity contribution is 6.31. The molecule has 0 spiro atoms. The number of benzene rings is 1. The number of halogens is 2. The van der Waals surface area contributed by atoms with Crippen LogP contribution in [0.3, 0.4) is 0 Å². The van der Waals surface area contributed by atoms with Gasteiger partial charge in [0.2, 0.25) is 0 Å². The van der Waals surface area contributed by atoms with Gasteiger partial charge in [0.1, 0.15) is 5.82 Å². The summed E-state index contributed by atoms with van der Waals surface area (Å²) < 4.78 is 12.8. The van der Waals surface area contributed by atoms with Gasteiger partial charge in [0.25, 0.3) is 0 Å². The van der Waals surface area contributed by atoms with Gasteiger partial charge in [-0.05, 0) is 30.2 Å². The normalized spacial score (nSPS) is 12.9. The van der Waals surface area contributed by atoms with Crippen LogP contribution in [0.15, 0.2) is 18.2 Å². The minimum atomic E-state index is -0.409. The fourth-order valence-corrected chi connectivity index (χ4v) is 1.35.